The van der Waals surface area contributed by atoms with Crippen LogP contribution < -0.4 is 15.6 Å². The van der Waals surface area contributed by atoms with Crippen LogP contribution in [0, 0.1) is 5.92 Å². The summed E-state index contributed by atoms with van der Waals surface area (Å²) in [7, 11) is 2.04. The Hall–Kier alpha value is -4.42. The molecule has 6 rings (SSSR count). The zero-order valence-electron chi connectivity index (χ0n) is 24.9. The lowest BCUT2D eigenvalue weighted by molar-refractivity contribution is -0.189. The minimum Gasteiger partial charge on any atom is -0.420 e. The summed E-state index contributed by atoms with van der Waals surface area (Å²) in [6, 6.07) is 13.2. The van der Waals surface area contributed by atoms with Crippen molar-refractivity contribution in [3.63, 3.8) is 0 Å². The highest BCUT2D eigenvalue weighted by atomic mass is 35.5. The highest BCUT2D eigenvalue weighted by molar-refractivity contribution is 6.34. The normalized spacial score (nSPS) is 17.3. The van der Waals surface area contributed by atoms with E-state index in [4.69, 9.17) is 21.3 Å². The summed E-state index contributed by atoms with van der Waals surface area (Å²) in [5, 5.41) is 4.66. The fraction of sp³-hybridized carbons (Fsp3) is 0.333. The number of likely N-dealkylation sites (N-methyl/N-ethyl adjacent to an activating group) is 1. The van der Waals surface area contributed by atoms with Gasteiger partial charge in [0.2, 0.25) is 5.91 Å². The highest BCUT2D eigenvalue weighted by Gasteiger charge is 2.41. The van der Waals surface area contributed by atoms with Crippen molar-refractivity contribution < 1.29 is 27.5 Å². The molecule has 0 bridgehead atoms. The minimum atomic E-state index is -5.17. The van der Waals surface area contributed by atoms with Gasteiger partial charge in [0.05, 0.1) is 16.1 Å². The predicted molar refractivity (Wildman–Crippen MR) is 170 cm³/mol. The smallest absolute Gasteiger partial charge is 0.420 e. The molecular weight excluding hydrogens is 623 g/mol. The fourth-order valence-electron chi connectivity index (χ4n) is 6.20. The van der Waals surface area contributed by atoms with Crippen LogP contribution in [0.3, 0.4) is 0 Å². The quantitative estimate of drug-likeness (QED) is 0.153. The number of carbonyl (C=O) groups excluding carboxylic acids is 2. The Morgan fingerprint density at radius 3 is 2.61 bits per heavy atom. The first-order chi connectivity index (χ1) is 21.9. The SMILES string of the molecule is C=CC(=O)N1CC(Cn2c(=O)c(NC[C@@H]3CCCN3C)nc3cc(-c4cc(OC(=O)C(F)(F)F)cc5ccccc45)c(Cl)cc32)C1. The second kappa shape index (κ2) is 12.4. The van der Waals surface area contributed by atoms with Crippen molar-refractivity contribution in [1.29, 1.82) is 0 Å². The Morgan fingerprint density at radius 2 is 1.91 bits per heavy atom. The van der Waals surface area contributed by atoms with E-state index >= 15 is 0 Å². The van der Waals surface area contributed by atoms with Gasteiger partial charge in [-0.25, -0.2) is 9.78 Å². The first kappa shape index (κ1) is 31.6. The van der Waals surface area contributed by atoms with Crippen LogP contribution in [0.25, 0.3) is 32.9 Å². The molecule has 0 unspecified atom stereocenters. The molecule has 0 radical (unpaired) electrons. The van der Waals surface area contributed by atoms with Crippen LogP contribution in [0.5, 0.6) is 5.75 Å². The van der Waals surface area contributed by atoms with Gasteiger partial charge in [-0.1, -0.05) is 42.4 Å². The van der Waals surface area contributed by atoms with E-state index in [1.807, 2.05) is 7.05 Å². The van der Waals surface area contributed by atoms with Gasteiger partial charge in [-0.05, 0) is 73.1 Å². The Morgan fingerprint density at radius 1 is 1.15 bits per heavy atom. The van der Waals surface area contributed by atoms with E-state index in [2.05, 4.69) is 16.8 Å². The monoisotopic (exact) mass is 653 g/mol. The molecule has 1 aromatic heterocycles. The number of fused-ring (bicyclic) bond motifs is 2. The predicted octanol–water partition coefficient (Wildman–Crippen LogP) is 5.49. The van der Waals surface area contributed by atoms with Crippen LogP contribution in [0.2, 0.25) is 5.02 Å². The standard InChI is InChI=1S/C33H31ClF3N5O4/c1-3-29(43)41-16-19(17-41)18-42-28-14-26(34)25(13-27(28)39-30(31(42)44)38-15-21-8-6-10-40(21)2)24-12-22(46-32(45)33(35,36)37)11-20-7-4-5-9-23(20)24/h3-5,7,9,11-14,19,21H,1,6,8,10,15-18H2,2H3,(H,38,39)/t21-/m0/s1. The van der Waals surface area contributed by atoms with Crippen LogP contribution in [0.15, 0.2) is 66.0 Å². The number of esters is 1. The number of nitrogens with one attached hydrogen (secondary N) is 1. The molecule has 1 N–H and O–H groups in total. The third-order valence-electron chi connectivity index (χ3n) is 8.66. The molecule has 0 aliphatic carbocycles. The second-order valence-corrected chi connectivity index (χ2v) is 12.2. The van der Waals surface area contributed by atoms with Gasteiger partial charge in [-0.15, -0.1) is 0 Å². The number of rotatable bonds is 8. The van der Waals surface area contributed by atoms with E-state index in [-0.39, 0.29) is 40.0 Å². The molecule has 1 atom stereocenters. The molecule has 46 heavy (non-hydrogen) atoms. The van der Waals surface area contributed by atoms with E-state index in [0.29, 0.717) is 59.1 Å². The third kappa shape index (κ3) is 6.19. The zero-order valence-corrected chi connectivity index (χ0v) is 25.7. The number of aromatic nitrogens is 2. The molecule has 4 aromatic rings. The summed E-state index contributed by atoms with van der Waals surface area (Å²) < 4.78 is 45.4. The lowest BCUT2D eigenvalue weighted by atomic mass is 9.97. The van der Waals surface area contributed by atoms with Gasteiger partial charge in [0.15, 0.2) is 5.82 Å². The number of nitrogens with zero attached hydrogens (tertiary/aromatic N) is 4. The van der Waals surface area contributed by atoms with Gasteiger partial charge in [0.1, 0.15) is 5.75 Å². The van der Waals surface area contributed by atoms with Crippen molar-refractivity contribution in [2.24, 2.45) is 5.92 Å². The molecule has 3 aromatic carbocycles. The number of alkyl halides is 3. The first-order valence-electron chi connectivity index (χ1n) is 14.8. The summed E-state index contributed by atoms with van der Waals surface area (Å²) in [6.07, 6.45) is -1.86. The molecule has 0 saturated carbocycles. The molecule has 2 aliphatic rings. The number of hydrogen-bond acceptors (Lipinski definition) is 7. The maximum Gasteiger partial charge on any atom is 0.491 e. The average molecular weight is 654 g/mol. The number of anilines is 1. The Labute approximate surface area is 267 Å². The number of likely N-dealkylation sites (tertiary alicyclic amines) is 2. The Bertz CT molecular complexity index is 1920. The molecular formula is C33H31ClF3N5O4. The molecule has 0 spiro atoms. The summed E-state index contributed by atoms with van der Waals surface area (Å²) in [6.45, 7) is 6.28. The van der Waals surface area contributed by atoms with Crippen LogP contribution in [-0.2, 0) is 16.1 Å². The molecule has 2 aliphatic heterocycles. The molecule has 2 fully saturated rings. The maximum atomic E-state index is 13.8. The summed E-state index contributed by atoms with van der Waals surface area (Å²) in [4.78, 5) is 46.1. The van der Waals surface area contributed by atoms with Gasteiger partial charge >= 0.3 is 12.1 Å². The summed E-state index contributed by atoms with van der Waals surface area (Å²) in [5.41, 5.74) is 1.44. The van der Waals surface area contributed by atoms with E-state index in [0.717, 1.165) is 19.4 Å². The van der Waals surface area contributed by atoms with E-state index in [1.165, 1.54) is 18.2 Å². The molecule has 1 amide bonds. The van der Waals surface area contributed by atoms with Crippen molar-refractivity contribution in [3.8, 4) is 16.9 Å². The van der Waals surface area contributed by atoms with E-state index in [1.54, 1.807) is 45.9 Å². The molecule has 3 heterocycles. The minimum absolute atomic E-state index is 0.0170. The molecule has 13 heteroatoms. The number of benzene rings is 3. The van der Waals surface area contributed by atoms with Crippen LogP contribution in [-0.4, -0.2) is 76.7 Å². The van der Waals surface area contributed by atoms with E-state index in [9.17, 15) is 27.6 Å². The lowest BCUT2D eigenvalue weighted by Gasteiger charge is -2.39. The first-order valence-corrected chi connectivity index (χ1v) is 15.2. The van der Waals surface area contributed by atoms with Gasteiger partial charge in [-0.2, -0.15) is 13.2 Å². The number of amides is 1. The maximum absolute atomic E-state index is 13.8. The Kier molecular flexibility index (Phi) is 8.51. The average Bonchev–Trinajstić information content (AvgIpc) is 3.41. The highest BCUT2D eigenvalue weighted by Crippen LogP contribution is 2.39. The fourth-order valence-corrected chi connectivity index (χ4v) is 6.46. The van der Waals surface area contributed by atoms with Crippen molar-refractivity contribution in [2.75, 3.05) is 38.5 Å². The van der Waals surface area contributed by atoms with E-state index < -0.39 is 12.1 Å². The number of halogens is 4. The summed E-state index contributed by atoms with van der Waals surface area (Å²) in [5.74, 6) is -2.62. The van der Waals surface area contributed by atoms with Crippen LogP contribution >= 0.6 is 11.6 Å². The van der Waals surface area contributed by atoms with Gasteiger partial charge in [0.25, 0.3) is 5.56 Å². The van der Waals surface area contributed by atoms with Crippen LogP contribution in [0.1, 0.15) is 12.8 Å². The second-order valence-electron chi connectivity index (χ2n) is 11.7. The number of hydrogen-bond donors (Lipinski definition) is 1. The van der Waals surface area contributed by atoms with Gasteiger partial charge < -0.3 is 24.4 Å². The number of ether oxygens (including phenoxy) is 1. The lowest BCUT2D eigenvalue weighted by Crippen LogP contribution is -2.51. The topological polar surface area (TPSA) is 96.8 Å². The van der Waals surface area contributed by atoms with Crippen molar-refractivity contribution >= 4 is 51.1 Å². The van der Waals surface area contributed by atoms with Crippen molar-refractivity contribution in [3.05, 3.63) is 76.6 Å². The van der Waals surface area contributed by atoms with Crippen molar-refractivity contribution in [2.45, 2.75) is 31.6 Å². The van der Waals surface area contributed by atoms with Gasteiger partial charge in [-0.3, -0.25) is 9.59 Å². The largest absolute Gasteiger partial charge is 0.491 e. The Balaban J connectivity index is 1.45. The molecule has 2 saturated heterocycles. The number of carbonyl (C=O) groups is 2. The van der Waals surface area contributed by atoms with Crippen LogP contribution in [0.4, 0.5) is 19.0 Å². The molecule has 9 nitrogen and oxygen atoms in total. The summed E-state index contributed by atoms with van der Waals surface area (Å²) >= 11 is 6.85. The molecule has 240 valence electrons. The van der Waals surface area contributed by atoms with Gasteiger partial charge in [0, 0.05) is 43.7 Å². The third-order valence-corrected chi connectivity index (χ3v) is 8.98. The zero-order chi connectivity index (χ0) is 32.7. The van der Waals surface area contributed by atoms with Crippen molar-refractivity contribution in [1.82, 2.24) is 19.4 Å².